The molecule has 2 rings (SSSR count). The van der Waals surface area contributed by atoms with Gasteiger partial charge in [0.05, 0.1) is 24.0 Å². The number of anilines is 1. The quantitative estimate of drug-likeness (QED) is 0.780. The van der Waals surface area contributed by atoms with E-state index in [1.165, 1.54) is 0 Å². The molecule has 0 unspecified atom stereocenters. The van der Waals surface area contributed by atoms with Crippen molar-refractivity contribution in [3.05, 3.63) is 18.2 Å². The fourth-order valence-electron chi connectivity index (χ4n) is 2.72. The predicted molar refractivity (Wildman–Crippen MR) is 103 cm³/mol. The Morgan fingerprint density at radius 2 is 1.85 bits per heavy atom. The second kappa shape index (κ2) is 7.88. The zero-order valence-electron chi connectivity index (χ0n) is 16.8. The molecule has 1 aromatic rings. The topological polar surface area (TPSA) is 66.0 Å². The Labute approximate surface area is 156 Å². The number of benzene rings is 1. The zero-order chi connectivity index (χ0) is 19.5. The largest absolute Gasteiger partial charge is 0.495 e. The van der Waals surface area contributed by atoms with Crippen molar-refractivity contribution in [2.45, 2.75) is 71.7 Å². The number of hydrogen-bond donors (Lipinski definition) is 1. The number of carbonyl (C=O) groups is 1. The zero-order valence-corrected chi connectivity index (χ0v) is 16.8. The van der Waals surface area contributed by atoms with Gasteiger partial charge in [0.15, 0.2) is 0 Å². The molecule has 1 heterocycles. The highest BCUT2D eigenvalue weighted by Crippen LogP contribution is 2.37. The van der Waals surface area contributed by atoms with Crippen LogP contribution >= 0.6 is 0 Å². The molecule has 0 spiro atoms. The van der Waals surface area contributed by atoms with Gasteiger partial charge in [-0.3, -0.25) is 5.32 Å². The molecular weight excluding hydrogens is 333 g/mol. The van der Waals surface area contributed by atoms with Crippen molar-refractivity contribution in [3.63, 3.8) is 0 Å². The number of hydrogen-bond acceptors (Lipinski definition) is 5. The van der Waals surface area contributed by atoms with E-state index in [2.05, 4.69) is 12.2 Å². The molecule has 0 saturated carbocycles. The Kier molecular flexibility index (Phi) is 6.24. The van der Waals surface area contributed by atoms with Crippen molar-refractivity contribution in [1.82, 2.24) is 0 Å². The van der Waals surface area contributed by atoms with E-state index in [9.17, 15) is 4.79 Å². The molecule has 144 valence electrons. The van der Waals surface area contributed by atoms with Crippen LogP contribution in [0.5, 0.6) is 5.75 Å². The Morgan fingerprint density at radius 1 is 1.23 bits per heavy atom. The average Bonchev–Trinajstić information content (AvgIpc) is 2.75. The molecule has 1 atom stereocenters. The summed E-state index contributed by atoms with van der Waals surface area (Å²) in [5.41, 5.74) is 0.544. The number of amides is 1. The predicted octanol–water partition coefficient (Wildman–Crippen LogP) is 3.73. The van der Waals surface area contributed by atoms with Crippen LogP contribution in [-0.4, -0.2) is 37.6 Å². The molecule has 0 radical (unpaired) electrons. The standard InChI is InChI=1S/C19H30BNO5/c1-8-9-13(2)24-17(22)21-15-11-10-14(12-16(15)23-7)20-25-18(3,4)19(5,6)26-20/h10-13H,8-9H2,1-7H3,(H,21,22)/t13-/m0/s1. The van der Waals surface area contributed by atoms with Gasteiger partial charge in [0.2, 0.25) is 0 Å². The fraction of sp³-hybridized carbons (Fsp3) is 0.632. The van der Waals surface area contributed by atoms with Crippen LogP contribution < -0.4 is 15.5 Å². The molecule has 0 aliphatic carbocycles. The Hall–Kier alpha value is -1.73. The van der Waals surface area contributed by atoms with E-state index < -0.39 is 24.4 Å². The Bertz CT molecular complexity index is 631. The summed E-state index contributed by atoms with van der Waals surface area (Å²) in [4.78, 5) is 12.0. The van der Waals surface area contributed by atoms with Crippen molar-refractivity contribution in [2.75, 3.05) is 12.4 Å². The van der Waals surface area contributed by atoms with E-state index in [4.69, 9.17) is 18.8 Å². The van der Waals surface area contributed by atoms with Gasteiger partial charge in [-0.25, -0.2) is 4.79 Å². The molecule has 1 amide bonds. The maximum absolute atomic E-state index is 12.0. The second-order valence-corrected chi connectivity index (χ2v) is 7.68. The first kappa shape index (κ1) is 20.6. The molecule has 1 fully saturated rings. The van der Waals surface area contributed by atoms with Crippen molar-refractivity contribution < 1.29 is 23.6 Å². The lowest BCUT2D eigenvalue weighted by atomic mass is 9.79. The minimum atomic E-state index is -0.493. The lowest BCUT2D eigenvalue weighted by molar-refractivity contribution is 0.00578. The molecule has 1 saturated heterocycles. The van der Waals surface area contributed by atoms with Gasteiger partial charge < -0.3 is 18.8 Å². The summed E-state index contributed by atoms with van der Waals surface area (Å²) in [5.74, 6) is 0.525. The number of methoxy groups -OCH3 is 1. The van der Waals surface area contributed by atoms with Gasteiger partial charge in [0.25, 0.3) is 0 Å². The highest BCUT2D eigenvalue weighted by Gasteiger charge is 2.51. The lowest BCUT2D eigenvalue weighted by Crippen LogP contribution is -2.41. The summed E-state index contributed by atoms with van der Waals surface area (Å²) in [7, 11) is 1.07. The summed E-state index contributed by atoms with van der Waals surface area (Å²) in [6.45, 7) is 12.0. The maximum atomic E-state index is 12.0. The van der Waals surface area contributed by atoms with Crippen LogP contribution in [0.2, 0.25) is 0 Å². The van der Waals surface area contributed by atoms with Gasteiger partial charge in [-0.1, -0.05) is 19.4 Å². The first-order chi connectivity index (χ1) is 12.1. The van der Waals surface area contributed by atoms with Crippen LogP contribution in [0.15, 0.2) is 18.2 Å². The minimum Gasteiger partial charge on any atom is -0.495 e. The van der Waals surface area contributed by atoms with Crippen LogP contribution in [0.3, 0.4) is 0 Å². The van der Waals surface area contributed by atoms with E-state index in [1.807, 2.05) is 46.8 Å². The van der Waals surface area contributed by atoms with E-state index in [0.29, 0.717) is 11.4 Å². The third-order valence-corrected chi connectivity index (χ3v) is 4.99. The van der Waals surface area contributed by atoms with Gasteiger partial charge in [0, 0.05) is 0 Å². The van der Waals surface area contributed by atoms with E-state index in [-0.39, 0.29) is 6.10 Å². The van der Waals surface area contributed by atoms with Crippen molar-refractivity contribution in [3.8, 4) is 5.75 Å². The van der Waals surface area contributed by atoms with Crippen LogP contribution in [-0.2, 0) is 14.0 Å². The number of carbonyl (C=O) groups excluding carboxylic acids is 1. The second-order valence-electron chi connectivity index (χ2n) is 7.68. The molecular formula is C19H30BNO5. The van der Waals surface area contributed by atoms with Crippen LogP contribution in [0.1, 0.15) is 54.4 Å². The van der Waals surface area contributed by atoms with Crippen LogP contribution in [0.25, 0.3) is 0 Å². The first-order valence-electron chi connectivity index (χ1n) is 9.11. The molecule has 1 aromatic carbocycles. The molecule has 26 heavy (non-hydrogen) atoms. The first-order valence-corrected chi connectivity index (χ1v) is 9.11. The summed E-state index contributed by atoms with van der Waals surface area (Å²) in [6.07, 6.45) is 1.16. The summed E-state index contributed by atoms with van der Waals surface area (Å²) < 4.78 is 22.9. The van der Waals surface area contributed by atoms with Crippen molar-refractivity contribution >= 4 is 24.4 Å². The minimum absolute atomic E-state index is 0.130. The van der Waals surface area contributed by atoms with Crippen molar-refractivity contribution in [2.24, 2.45) is 0 Å². The number of rotatable bonds is 6. The Balaban J connectivity index is 2.12. The smallest absolute Gasteiger partial charge is 0.494 e. The summed E-state index contributed by atoms with van der Waals surface area (Å²) in [5, 5.41) is 2.73. The Morgan fingerprint density at radius 3 is 2.38 bits per heavy atom. The molecule has 0 aromatic heterocycles. The lowest BCUT2D eigenvalue weighted by Gasteiger charge is -2.32. The van der Waals surface area contributed by atoms with Gasteiger partial charge in [-0.15, -0.1) is 0 Å². The van der Waals surface area contributed by atoms with Crippen molar-refractivity contribution in [1.29, 1.82) is 0 Å². The van der Waals surface area contributed by atoms with E-state index in [0.717, 1.165) is 18.3 Å². The maximum Gasteiger partial charge on any atom is 0.494 e. The number of ether oxygens (including phenoxy) is 2. The highest BCUT2D eigenvalue weighted by molar-refractivity contribution is 6.62. The normalized spacial score (nSPS) is 19.1. The summed E-state index contributed by atoms with van der Waals surface area (Å²) >= 11 is 0. The van der Waals surface area contributed by atoms with Gasteiger partial charge in [-0.05, 0) is 58.6 Å². The third-order valence-electron chi connectivity index (χ3n) is 4.99. The van der Waals surface area contributed by atoms with E-state index in [1.54, 1.807) is 13.2 Å². The van der Waals surface area contributed by atoms with E-state index >= 15 is 0 Å². The average molecular weight is 363 g/mol. The molecule has 6 nitrogen and oxygen atoms in total. The molecule has 1 aliphatic rings. The summed E-state index contributed by atoms with van der Waals surface area (Å²) in [6, 6.07) is 5.44. The molecule has 1 aliphatic heterocycles. The molecule has 0 bridgehead atoms. The van der Waals surface area contributed by atoms with Gasteiger partial charge in [-0.2, -0.15) is 0 Å². The monoisotopic (exact) mass is 363 g/mol. The van der Waals surface area contributed by atoms with Crippen LogP contribution in [0.4, 0.5) is 10.5 Å². The molecule has 1 N–H and O–H groups in total. The SMILES string of the molecule is CCC[C@H](C)OC(=O)Nc1ccc(B2OC(C)(C)C(C)(C)O2)cc1OC. The fourth-order valence-corrected chi connectivity index (χ4v) is 2.72. The highest BCUT2D eigenvalue weighted by atomic mass is 16.7. The van der Waals surface area contributed by atoms with Gasteiger partial charge in [0.1, 0.15) is 11.9 Å². The third kappa shape index (κ3) is 4.51. The van der Waals surface area contributed by atoms with Gasteiger partial charge >= 0.3 is 13.2 Å². The van der Waals surface area contributed by atoms with Crippen LogP contribution in [0, 0.1) is 0 Å². The molecule has 7 heteroatoms. The number of nitrogens with one attached hydrogen (secondary N) is 1.